The van der Waals surface area contributed by atoms with Crippen molar-refractivity contribution in [2.75, 3.05) is 0 Å². The molecule has 2 rings (SSSR count). The summed E-state index contributed by atoms with van der Waals surface area (Å²) in [7, 11) is 0. The summed E-state index contributed by atoms with van der Waals surface area (Å²) in [6.45, 7) is 2.81. The van der Waals surface area contributed by atoms with Crippen molar-refractivity contribution in [3.05, 3.63) is 39.0 Å². The lowest BCUT2D eigenvalue weighted by atomic mass is 10.2. The molecule has 3 nitrogen and oxygen atoms in total. The molecule has 15 heavy (non-hydrogen) atoms. The fraction of sp³-hybridized carbons (Fsp3) is 0.300. The van der Waals surface area contributed by atoms with Gasteiger partial charge in [-0.25, -0.2) is 4.98 Å². The molecule has 0 aliphatic heterocycles. The number of nitrogens with two attached hydrogens (primary N) is 1. The molecule has 0 saturated heterocycles. The number of hydrogen-bond donors (Lipinski definition) is 1. The summed E-state index contributed by atoms with van der Waals surface area (Å²) in [5.41, 5.74) is 6.92. The van der Waals surface area contributed by atoms with Crippen LogP contribution >= 0.6 is 27.3 Å². The van der Waals surface area contributed by atoms with Crippen LogP contribution in [0.4, 0.5) is 0 Å². The maximum Gasteiger partial charge on any atom is 0.0952 e. The van der Waals surface area contributed by atoms with Gasteiger partial charge < -0.3 is 10.3 Å². The van der Waals surface area contributed by atoms with E-state index in [2.05, 4.69) is 36.9 Å². The van der Waals surface area contributed by atoms with Crippen LogP contribution in [-0.2, 0) is 6.54 Å². The molecular formula is C10H12BrN3S. The van der Waals surface area contributed by atoms with Crippen molar-refractivity contribution in [1.29, 1.82) is 0 Å². The average molecular weight is 286 g/mol. The van der Waals surface area contributed by atoms with Gasteiger partial charge in [-0.15, -0.1) is 11.3 Å². The number of imidazole rings is 1. The molecule has 0 radical (unpaired) electrons. The zero-order valence-corrected chi connectivity index (χ0v) is 10.8. The van der Waals surface area contributed by atoms with Crippen molar-refractivity contribution in [3.63, 3.8) is 0 Å². The summed E-state index contributed by atoms with van der Waals surface area (Å²) >= 11 is 5.18. The second-order valence-electron chi connectivity index (χ2n) is 3.47. The van der Waals surface area contributed by atoms with Crippen LogP contribution in [0, 0.1) is 0 Å². The second kappa shape index (κ2) is 4.47. The van der Waals surface area contributed by atoms with Gasteiger partial charge in [-0.1, -0.05) is 0 Å². The van der Waals surface area contributed by atoms with Gasteiger partial charge in [0.1, 0.15) is 0 Å². The number of hydrogen-bond acceptors (Lipinski definition) is 3. The fourth-order valence-corrected chi connectivity index (χ4v) is 2.90. The van der Waals surface area contributed by atoms with Crippen LogP contribution in [0.15, 0.2) is 28.4 Å². The predicted molar refractivity (Wildman–Crippen MR) is 66.0 cm³/mol. The van der Waals surface area contributed by atoms with E-state index in [1.54, 1.807) is 11.3 Å². The quantitative estimate of drug-likeness (QED) is 0.943. The van der Waals surface area contributed by atoms with Gasteiger partial charge in [0.25, 0.3) is 0 Å². The Morgan fingerprint density at radius 1 is 1.67 bits per heavy atom. The molecular weight excluding hydrogens is 274 g/mol. The molecule has 0 saturated carbocycles. The molecule has 2 aromatic heterocycles. The van der Waals surface area contributed by atoms with E-state index in [-0.39, 0.29) is 6.04 Å². The molecule has 0 aliphatic rings. The van der Waals surface area contributed by atoms with Gasteiger partial charge in [0.15, 0.2) is 0 Å². The van der Waals surface area contributed by atoms with Crippen molar-refractivity contribution in [2.24, 2.45) is 5.73 Å². The Balaban J connectivity index is 2.20. The summed E-state index contributed by atoms with van der Waals surface area (Å²) in [4.78, 5) is 5.42. The van der Waals surface area contributed by atoms with Crippen molar-refractivity contribution < 1.29 is 0 Å². The molecule has 0 unspecified atom stereocenters. The third-order valence-electron chi connectivity index (χ3n) is 2.16. The standard InChI is InChI=1S/C10H12BrN3S/c1-7(12)10-3-13-6-14(10)4-9-2-8(11)5-15-9/h2-3,5-7H,4,12H2,1H3/t7-/m1/s1. The van der Waals surface area contributed by atoms with Crippen LogP contribution in [0.3, 0.4) is 0 Å². The number of rotatable bonds is 3. The molecule has 5 heteroatoms. The highest BCUT2D eigenvalue weighted by molar-refractivity contribution is 9.10. The number of thiophene rings is 1. The van der Waals surface area contributed by atoms with Crippen molar-refractivity contribution in [3.8, 4) is 0 Å². The Morgan fingerprint density at radius 2 is 2.47 bits per heavy atom. The van der Waals surface area contributed by atoms with Crippen LogP contribution in [0.2, 0.25) is 0 Å². The van der Waals surface area contributed by atoms with Gasteiger partial charge >= 0.3 is 0 Å². The van der Waals surface area contributed by atoms with Crippen molar-refractivity contribution >= 4 is 27.3 Å². The maximum absolute atomic E-state index is 5.85. The minimum absolute atomic E-state index is 0.0240. The van der Waals surface area contributed by atoms with Crippen molar-refractivity contribution in [1.82, 2.24) is 9.55 Å². The lowest BCUT2D eigenvalue weighted by Crippen LogP contribution is -2.11. The molecule has 0 aromatic carbocycles. The predicted octanol–water partition coefficient (Wildman–Crippen LogP) is 2.78. The topological polar surface area (TPSA) is 43.8 Å². The smallest absolute Gasteiger partial charge is 0.0952 e. The van der Waals surface area contributed by atoms with E-state index in [0.29, 0.717) is 0 Å². The molecule has 0 spiro atoms. The summed E-state index contributed by atoms with van der Waals surface area (Å²) in [5, 5.41) is 2.08. The van der Waals surface area contributed by atoms with E-state index in [9.17, 15) is 0 Å². The van der Waals surface area contributed by atoms with Crippen LogP contribution in [-0.4, -0.2) is 9.55 Å². The maximum atomic E-state index is 5.85. The van der Waals surface area contributed by atoms with E-state index in [4.69, 9.17) is 5.73 Å². The molecule has 0 fully saturated rings. The number of halogens is 1. The Morgan fingerprint density at radius 3 is 3.07 bits per heavy atom. The van der Waals surface area contributed by atoms with Gasteiger partial charge in [-0.2, -0.15) is 0 Å². The Bertz CT molecular complexity index is 447. The van der Waals surface area contributed by atoms with Gasteiger partial charge in [-0.3, -0.25) is 0 Å². The van der Waals surface area contributed by atoms with Crippen molar-refractivity contribution in [2.45, 2.75) is 19.5 Å². The zero-order chi connectivity index (χ0) is 10.8. The monoisotopic (exact) mass is 285 g/mol. The highest BCUT2D eigenvalue weighted by atomic mass is 79.9. The molecule has 2 N–H and O–H groups in total. The average Bonchev–Trinajstić information content (AvgIpc) is 2.75. The van der Waals surface area contributed by atoms with Crippen LogP contribution in [0.5, 0.6) is 0 Å². The van der Waals surface area contributed by atoms with Crippen LogP contribution < -0.4 is 5.73 Å². The van der Waals surface area contributed by atoms with Crippen LogP contribution in [0.25, 0.3) is 0 Å². The largest absolute Gasteiger partial charge is 0.328 e. The third-order valence-corrected chi connectivity index (χ3v) is 3.84. The Kier molecular flexibility index (Phi) is 3.23. The second-order valence-corrected chi connectivity index (χ2v) is 5.38. The van der Waals surface area contributed by atoms with E-state index < -0.39 is 0 Å². The Hall–Kier alpha value is -0.650. The summed E-state index contributed by atoms with van der Waals surface area (Å²) in [6.07, 6.45) is 3.65. The lowest BCUT2D eigenvalue weighted by molar-refractivity contribution is 0.679. The third kappa shape index (κ3) is 2.48. The molecule has 2 heterocycles. The van der Waals surface area contributed by atoms with Crippen LogP contribution in [0.1, 0.15) is 23.5 Å². The fourth-order valence-electron chi connectivity index (χ4n) is 1.45. The van der Waals surface area contributed by atoms with Gasteiger partial charge in [-0.05, 0) is 28.9 Å². The SMILES string of the molecule is C[C@@H](N)c1cncn1Cc1cc(Br)cs1. The summed E-state index contributed by atoms with van der Waals surface area (Å²) in [6, 6.07) is 2.14. The molecule has 0 bridgehead atoms. The first-order chi connectivity index (χ1) is 7.16. The first-order valence-corrected chi connectivity index (χ1v) is 6.32. The summed E-state index contributed by atoms with van der Waals surface area (Å²) < 4.78 is 3.22. The summed E-state index contributed by atoms with van der Waals surface area (Å²) in [5.74, 6) is 0. The molecule has 0 amide bonds. The van der Waals surface area contributed by atoms with Gasteiger partial charge in [0.2, 0.25) is 0 Å². The Labute approximate surface area is 101 Å². The van der Waals surface area contributed by atoms with Gasteiger partial charge in [0, 0.05) is 27.0 Å². The molecule has 1 atom stereocenters. The number of aromatic nitrogens is 2. The minimum Gasteiger partial charge on any atom is -0.328 e. The lowest BCUT2D eigenvalue weighted by Gasteiger charge is -2.09. The van der Waals surface area contributed by atoms with Gasteiger partial charge in [0.05, 0.1) is 18.6 Å². The number of nitrogens with zero attached hydrogens (tertiary/aromatic N) is 2. The van der Waals surface area contributed by atoms with E-state index in [0.717, 1.165) is 16.7 Å². The van der Waals surface area contributed by atoms with E-state index in [1.807, 2.05) is 19.4 Å². The molecule has 2 aromatic rings. The van der Waals surface area contributed by atoms with E-state index >= 15 is 0 Å². The molecule has 0 aliphatic carbocycles. The molecule has 80 valence electrons. The minimum atomic E-state index is 0.0240. The normalized spacial score (nSPS) is 13.0. The van der Waals surface area contributed by atoms with E-state index in [1.165, 1.54) is 4.88 Å². The first-order valence-electron chi connectivity index (χ1n) is 4.65. The highest BCUT2D eigenvalue weighted by Gasteiger charge is 2.07. The highest BCUT2D eigenvalue weighted by Crippen LogP contribution is 2.21. The zero-order valence-electron chi connectivity index (χ0n) is 8.35. The first kappa shape index (κ1) is 10.9.